The second-order valence-corrected chi connectivity index (χ2v) is 10.5. The summed E-state index contributed by atoms with van der Waals surface area (Å²) in [6, 6.07) is 18.9. The number of hydrogen-bond donors (Lipinski definition) is 0. The number of anilines is 3. The fourth-order valence-electron chi connectivity index (χ4n) is 6.20. The molecule has 3 heterocycles. The van der Waals surface area contributed by atoms with Gasteiger partial charge in [0.25, 0.3) is 5.91 Å². The third-order valence-electron chi connectivity index (χ3n) is 8.32. The lowest BCUT2D eigenvalue weighted by molar-refractivity contribution is -0.137. The molecule has 0 bridgehead atoms. The smallest absolute Gasteiger partial charge is 0.416 e. The van der Waals surface area contributed by atoms with E-state index in [1.165, 1.54) is 11.1 Å². The highest BCUT2D eigenvalue weighted by molar-refractivity contribution is 6.20. The summed E-state index contributed by atoms with van der Waals surface area (Å²) >= 11 is 0. The van der Waals surface area contributed by atoms with E-state index in [0.29, 0.717) is 36.6 Å². The van der Waals surface area contributed by atoms with E-state index in [0.717, 1.165) is 28.8 Å². The van der Waals surface area contributed by atoms with E-state index in [-0.39, 0.29) is 18.4 Å². The van der Waals surface area contributed by atoms with E-state index in [9.17, 15) is 18.0 Å². The number of hydrazone groups is 1. The molecule has 3 aromatic rings. The fourth-order valence-corrected chi connectivity index (χ4v) is 6.20. The molecule has 1 fully saturated rings. The lowest BCUT2D eigenvalue weighted by atomic mass is 9.67. The predicted octanol–water partition coefficient (Wildman–Crippen LogP) is 5.68. The van der Waals surface area contributed by atoms with Crippen molar-refractivity contribution in [1.82, 2.24) is 0 Å². The SMILES string of the molecule is COc1ccc(N2CCN3c4ccc(C(F)(F)F)cc4C[C@@]4(C(=O)N(c5ccc(C)cc5)N=C4C)[C@H]3C2)cc1. The molecule has 3 aromatic carbocycles. The van der Waals surface area contributed by atoms with Crippen molar-refractivity contribution in [2.75, 3.05) is 41.6 Å². The van der Waals surface area contributed by atoms with Gasteiger partial charge in [-0.1, -0.05) is 17.7 Å². The predicted molar refractivity (Wildman–Crippen MR) is 146 cm³/mol. The average molecular weight is 535 g/mol. The number of hydrogen-bond acceptors (Lipinski definition) is 5. The minimum Gasteiger partial charge on any atom is -0.497 e. The number of nitrogens with zero attached hydrogens (tertiary/aromatic N) is 4. The molecule has 2 atom stereocenters. The zero-order valence-electron chi connectivity index (χ0n) is 22.0. The third kappa shape index (κ3) is 4.02. The Morgan fingerprint density at radius 1 is 0.949 bits per heavy atom. The Kier molecular flexibility index (Phi) is 5.86. The third-order valence-corrected chi connectivity index (χ3v) is 8.32. The van der Waals surface area contributed by atoms with Crippen LogP contribution in [0.2, 0.25) is 0 Å². The van der Waals surface area contributed by atoms with Crippen LogP contribution in [0.5, 0.6) is 5.75 Å². The van der Waals surface area contributed by atoms with Gasteiger partial charge >= 0.3 is 6.18 Å². The maximum Gasteiger partial charge on any atom is 0.416 e. The van der Waals surface area contributed by atoms with Crippen molar-refractivity contribution in [2.24, 2.45) is 10.5 Å². The molecular weight excluding hydrogens is 505 g/mol. The number of methoxy groups -OCH3 is 1. The first-order valence-corrected chi connectivity index (χ1v) is 12.9. The van der Waals surface area contributed by atoms with Crippen LogP contribution >= 0.6 is 0 Å². The summed E-state index contributed by atoms with van der Waals surface area (Å²) in [6.45, 7) is 5.53. The van der Waals surface area contributed by atoms with Crippen molar-refractivity contribution < 1.29 is 22.7 Å². The molecule has 6 nitrogen and oxygen atoms in total. The second-order valence-electron chi connectivity index (χ2n) is 10.5. The van der Waals surface area contributed by atoms with Gasteiger partial charge in [0.05, 0.1) is 30.1 Å². The number of fused-ring (bicyclic) bond motifs is 4. The molecule has 6 rings (SSSR count). The van der Waals surface area contributed by atoms with Crippen LogP contribution in [0.3, 0.4) is 0 Å². The van der Waals surface area contributed by atoms with Gasteiger partial charge in [-0.05, 0) is 80.4 Å². The van der Waals surface area contributed by atoms with Crippen LogP contribution in [0.15, 0.2) is 71.8 Å². The number of carbonyl (C=O) groups is 1. The van der Waals surface area contributed by atoms with Gasteiger partial charge in [-0.25, -0.2) is 0 Å². The molecule has 0 unspecified atom stereocenters. The van der Waals surface area contributed by atoms with Crippen LogP contribution in [0, 0.1) is 12.3 Å². The molecule has 0 N–H and O–H groups in total. The molecule has 0 radical (unpaired) electrons. The Bertz CT molecular complexity index is 1450. The lowest BCUT2D eigenvalue weighted by Gasteiger charge is -2.53. The number of aryl methyl sites for hydroxylation is 1. The highest BCUT2D eigenvalue weighted by Crippen LogP contribution is 2.49. The van der Waals surface area contributed by atoms with Gasteiger partial charge in [-0.3, -0.25) is 4.79 Å². The Labute approximate surface area is 225 Å². The van der Waals surface area contributed by atoms with Gasteiger partial charge < -0.3 is 14.5 Å². The molecule has 0 aromatic heterocycles. The first-order chi connectivity index (χ1) is 18.6. The average Bonchev–Trinajstić information content (AvgIpc) is 3.18. The van der Waals surface area contributed by atoms with Crippen LogP contribution in [-0.4, -0.2) is 44.4 Å². The highest BCUT2D eigenvalue weighted by Gasteiger charge is 2.60. The summed E-state index contributed by atoms with van der Waals surface area (Å²) in [7, 11) is 1.62. The molecule has 3 aliphatic rings. The standard InChI is InChI=1S/C30H29F3N4O2/c1-19-4-7-24(8-5-19)37-28(38)29(20(2)34-37)17-21-16-22(30(31,32)33)6-13-26(21)36-15-14-35(18-27(29)36)23-9-11-25(39-3)12-10-23/h4-13,16,27H,14-15,17-18H2,1-3H3/t27-,29+/m1/s1. The van der Waals surface area contributed by atoms with Crippen molar-refractivity contribution in [2.45, 2.75) is 32.5 Å². The molecule has 202 valence electrons. The quantitative estimate of drug-likeness (QED) is 0.434. The van der Waals surface area contributed by atoms with Gasteiger partial charge in [0, 0.05) is 31.0 Å². The highest BCUT2D eigenvalue weighted by atomic mass is 19.4. The molecule has 1 amide bonds. The zero-order chi connectivity index (χ0) is 27.5. The Balaban J connectivity index is 1.45. The van der Waals surface area contributed by atoms with Crippen molar-refractivity contribution in [3.05, 3.63) is 83.4 Å². The second kappa shape index (κ2) is 9.03. The van der Waals surface area contributed by atoms with Gasteiger partial charge in [-0.2, -0.15) is 23.3 Å². The van der Waals surface area contributed by atoms with Crippen LogP contribution < -0.4 is 19.5 Å². The monoisotopic (exact) mass is 534 g/mol. The zero-order valence-corrected chi connectivity index (χ0v) is 22.0. The minimum atomic E-state index is -4.47. The number of alkyl halides is 3. The Morgan fingerprint density at radius 2 is 1.64 bits per heavy atom. The Morgan fingerprint density at radius 3 is 2.31 bits per heavy atom. The lowest BCUT2D eigenvalue weighted by Crippen LogP contribution is -2.67. The van der Waals surface area contributed by atoms with Crippen molar-refractivity contribution in [1.29, 1.82) is 0 Å². The van der Waals surface area contributed by atoms with Gasteiger partial charge in [-0.15, -0.1) is 0 Å². The van der Waals surface area contributed by atoms with E-state index in [1.807, 2.05) is 62.4 Å². The first kappa shape index (κ1) is 25.3. The topological polar surface area (TPSA) is 48.4 Å². The van der Waals surface area contributed by atoms with Crippen LogP contribution in [-0.2, 0) is 17.4 Å². The fraction of sp³-hybridized carbons (Fsp3) is 0.333. The van der Waals surface area contributed by atoms with Gasteiger partial charge in [0.1, 0.15) is 11.2 Å². The summed E-state index contributed by atoms with van der Waals surface area (Å²) in [5, 5.41) is 6.15. The summed E-state index contributed by atoms with van der Waals surface area (Å²) in [6.07, 6.45) is -4.32. The molecule has 1 spiro atoms. The van der Waals surface area contributed by atoms with Crippen LogP contribution in [0.25, 0.3) is 0 Å². The molecule has 1 saturated heterocycles. The summed E-state index contributed by atoms with van der Waals surface area (Å²) in [4.78, 5) is 18.7. The number of benzene rings is 3. The number of ether oxygens (including phenoxy) is 1. The normalized spacial score (nSPS) is 22.6. The number of rotatable bonds is 3. The van der Waals surface area contributed by atoms with Crippen molar-refractivity contribution in [3.8, 4) is 5.75 Å². The number of amides is 1. The molecule has 0 aliphatic carbocycles. The van der Waals surface area contributed by atoms with E-state index in [1.54, 1.807) is 13.2 Å². The molecule has 0 saturated carbocycles. The summed E-state index contributed by atoms with van der Waals surface area (Å²) in [5.41, 5.74) is 2.78. The van der Waals surface area contributed by atoms with Crippen molar-refractivity contribution >= 4 is 28.7 Å². The van der Waals surface area contributed by atoms with Gasteiger partial charge in [0.15, 0.2) is 0 Å². The molecule has 3 aliphatic heterocycles. The van der Waals surface area contributed by atoms with E-state index in [4.69, 9.17) is 9.84 Å². The maximum atomic E-state index is 14.4. The summed E-state index contributed by atoms with van der Waals surface area (Å²) in [5.74, 6) is 0.544. The number of piperazine rings is 1. The number of halogens is 3. The van der Waals surface area contributed by atoms with Gasteiger partial charge in [0.2, 0.25) is 0 Å². The molecule has 39 heavy (non-hydrogen) atoms. The molecular formula is C30H29F3N4O2. The largest absolute Gasteiger partial charge is 0.497 e. The summed E-state index contributed by atoms with van der Waals surface area (Å²) < 4.78 is 46.4. The van der Waals surface area contributed by atoms with Crippen LogP contribution in [0.4, 0.5) is 30.2 Å². The first-order valence-electron chi connectivity index (χ1n) is 12.9. The maximum absolute atomic E-state index is 14.4. The van der Waals surface area contributed by atoms with Crippen molar-refractivity contribution in [3.63, 3.8) is 0 Å². The minimum absolute atomic E-state index is 0.153. The van der Waals surface area contributed by atoms with Crippen LogP contribution in [0.1, 0.15) is 23.6 Å². The number of carbonyl (C=O) groups excluding carboxylic acids is 1. The van der Waals surface area contributed by atoms with E-state index < -0.39 is 17.2 Å². The van der Waals surface area contributed by atoms with E-state index in [2.05, 4.69) is 9.80 Å². The molecule has 9 heteroatoms. The Hall–Kier alpha value is -4.01. The van der Waals surface area contributed by atoms with E-state index >= 15 is 0 Å².